The highest BCUT2D eigenvalue weighted by atomic mass is 16.5. The van der Waals surface area contributed by atoms with Crippen LogP contribution in [0.2, 0.25) is 0 Å². The molecule has 2 rings (SSSR count). The summed E-state index contributed by atoms with van der Waals surface area (Å²) in [6, 6.07) is 13.0. The summed E-state index contributed by atoms with van der Waals surface area (Å²) in [5.41, 5.74) is 1.41. The number of anilines is 1. The highest BCUT2D eigenvalue weighted by Gasteiger charge is 2.17. The van der Waals surface area contributed by atoms with E-state index in [0.717, 1.165) is 5.56 Å². The van der Waals surface area contributed by atoms with Crippen molar-refractivity contribution in [3.05, 3.63) is 65.2 Å². The standard InChI is InChI=1S/C18H18N2O5/c1-24-16(21)13-8-9-14(17(22)25-2)15(10-13)20-18(23)19-11-12-6-4-3-5-7-12/h3-10H,11H2,1-2H3,(H2,19,20,23). The largest absolute Gasteiger partial charge is 0.465 e. The molecule has 7 nitrogen and oxygen atoms in total. The Bertz CT molecular complexity index is 774. The van der Waals surface area contributed by atoms with E-state index in [2.05, 4.69) is 20.1 Å². The first-order valence-electron chi connectivity index (χ1n) is 7.44. The fourth-order valence-corrected chi connectivity index (χ4v) is 2.13. The molecule has 2 amide bonds. The maximum Gasteiger partial charge on any atom is 0.339 e. The molecule has 0 aromatic heterocycles. The Morgan fingerprint density at radius 3 is 2.24 bits per heavy atom. The molecule has 2 aromatic rings. The van der Waals surface area contributed by atoms with Crippen LogP contribution < -0.4 is 10.6 Å². The number of hydrogen-bond acceptors (Lipinski definition) is 5. The van der Waals surface area contributed by atoms with Gasteiger partial charge in [0.25, 0.3) is 0 Å². The second-order valence-corrected chi connectivity index (χ2v) is 5.04. The Kier molecular flexibility index (Phi) is 6.11. The van der Waals surface area contributed by atoms with Crippen molar-refractivity contribution >= 4 is 23.7 Å². The zero-order chi connectivity index (χ0) is 18.2. The summed E-state index contributed by atoms with van der Waals surface area (Å²) in [5.74, 6) is -1.21. The molecule has 0 spiro atoms. The molecular weight excluding hydrogens is 324 g/mol. The molecule has 0 radical (unpaired) electrons. The number of ether oxygens (including phenoxy) is 2. The fraction of sp³-hybridized carbons (Fsp3) is 0.167. The van der Waals surface area contributed by atoms with Crippen LogP contribution in [0.4, 0.5) is 10.5 Å². The van der Waals surface area contributed by atoms with Crippen LogP contribution in [0.3, 0.4) is 0 Å². The van der Waals surface area contributed by atoms with E-state index in [1.54, 1.807) is 0 Å². The molecule has 0 aliphatic heterocycles. The maximum atomic E-state index is 12.1. The first kappa shape index (κ1) is 18.0. The van der Waals surface area contributed by atoms with E-state index in [9.17, 15) is 14.4 Å². The summed E-state index contributed by atoms with van der Waals surface area (Å²) >= 11 is 0. The van der Waals surface area contributed by atoms with Gasteiger partial charge in [0.05, 0.1) is 31.0 Å². The van der Waals surface area contributed by atoms with Crippen molar-refractivity contribution < 1.29 is 23.9 Å². The first-order chi connectivity index (χ1) is 12.0. The molecule has 25 heavy (non-hydrogen) atoms. The molecule has 0 saturated carbocycles. The van der Waals surface area contributed by atoms with Gasteiger partial charge >= 0.3 is 18.0 Å². The lowest BCUT2D eigenvalue weighted by Gasteiger charge is -2.12. The number of esters is 2. The van der Waals surface area contributed by atoms with Crippen LogP contribution in [-0.4, -0.2) is 32.2 Å². The van der Waals surface area contributed by atoms with Gasteiger partial charge in [-0.2, -0.15) is 0 Å². The van der Waals surface area contributed by atoms with E-state index in [1.807, 2.05) is 30.3 Å². The molecule has 7 heteroatoms. The maximum absolute atomic E-state index is 12.1. The summed E-state index contributed by atoms with van der Waals surface area (Å²) in [7, 11) is 2.48. The van der Waals surface area contributed by atoms with Crippen LogP contribution in [0.5, 0.6) is 0 Å². The van der Waals surface area contributed by atoms with E-state index < -0.39 is 18.0 Å². The molecule has 0 saturated heterocycles. The number of urea groups is 1. The molecule has 0 unspecified atom stereocenters. The number of nitrogens with one attached hydrogen (secondary N) is 2. The number of rotatable bonds is 5. The van der Waals surface area contributed by atoms with Gasteiger partial charge in [0.2, 0.25) is 0 Å². The quantitative estimate of drug-likeness (QED) is 0.815. The van der Waals surface area contributed by atoms with Crippen molar-refractivity contribution in [2.24, 2.45) is 0 Å². The molecule has 0 bridgehead atoms. The Labute approximate surface area is 144 Å². The summed E-state index contributed by atoms with van der Waals surface area (Å²) in [4.78, 5) is 35.6. The van der Waals surface area contributed by atoms with Crippen molar-refractivity contribution in [2.45, 2.75) is 6.54 Å². The Balaban J connectivity index is 2.15. The number of hydrogen-bond donors (Lipinski definition) is 2. The molecule has 130 valence electrons. The van der Waals surface area contributed by atoms with Crippen molar-refractivity contribution in [3.63, 3.8) is 0 Å². The highest BCUT2D eigenvalue weighted by molar-refractivity contribution is 6.03. The smallest absolute Gasteiger partial charge is 0.339 e. The Hall–Kier alpha value is -3.35. The molecule has 0 heterocycles. The van der Waals surface area contributed by atoms with E-state index in [0.29, 0.717) is 6.54 Å². The van der Waals surface area contributed by atoms with Crippen molar-refractivity contribution in [2.75, 3.05) is 19.5 Å². The number of carbonyl (C=O) groups is 3. The number of methoxy groups -OCH3 is 2. The van der Waals surface area contributed by atoms with E-state index >= 15 is 0 Å². The van der Waals surface area contributed by atoms with Crippen LogP contribution in [-0.2, 0) is 16.0 Å². The third-order valence-corrected chi connectivity index (χ3v) is 3.39. The lowest BCUT2D eigenvalue weighted by molar-refractivity contribution is 0.0587. The zero-order valence-corrected chi connectivity index (χ0v) is 13.9. The van der Waals surface area contributed by atoms with Gasteiger partial charge in [-0.25, -0.2) is 14.4 Å². The second-order valence-electron chi connectivity index (χ2n) is 5.04. The lowest BCUT2D eigenvalue weighted by Crippen LogP contribution is -2.29. The van der Waals surface area contributed by atoms with Gasteiger partial charge in [-0.05, 0) is 23.8 Å². The monoisotopic (exact) mass is 342 g/mol. The van der Waals surface area contributed by atoms with Gasteiger partial charge in [-0.1, -0.05) is 30.3 Å². The minimum Gasteiger partial charge on any atom is -0.465 e. The predicted molar refractivity (Wildman–Crippen MR) is 91.4 cm³/mol. The summed E-state index contributed by atoms with van der Waals surface area (Å²) in [5, 5.41) is 5.23. The summed E-state index contributed by atoms with van der Waals surface area (Å²) < 4.78 is 9.33. The van der Waals surface area contributed by atoms with Crippen molar-refractivity contribution in [1.82, 2.24) is 5.32 Å². The molecule has 2 aromatic carbocycles. The average molecular weight is 342 g/mol. The van der Waals surface area contributed by atoms with Gasteiger partial charge in [0.1, 0.15) is 0 Å². The van der Waals surface area contributed by atoms with Gasteiger partial charge in [-0.3, -0.25) is 0 Å². The minimum atomic E-state index is -0.630. The molecule has 0 aliphatic carbocycles. The minimum absolute atomic E-state index is 0.130. The first-order valence-corrected chi connectivity index (χ1v) is 7.44. The average Bonchev–Trinajstić information content (AvgIpc) is 2.65. The summed E-state index contributed by atoms with van der Waals surface area (Å²) in [6.45, 7) is 0.316. The van der Waals surface area contributed by atoms with Crippen molar-refractivity contribution in [1.29, 1.82) is 0 Å². The van der Waals surface area contributed by atoms with Crippen LogP contribution >= 0.6 is 0 Å². The van der Waals surface area contributed by atoms with E-state index in [1.165, 1.54) is 32.4 Å². The van der Waals surface area contributed by atoms with Gasteiger partial charge in [0.15, 0.2) is 0 Å². The number of benzene rings is 2. The third kappa shape index (κ3) is 4.81. The topological polar surface area (TPSA) is 93.7 Å². The van der Waals surface area contributed by atoms with E-state index in [4.69, 9.17) is 0 Å². The third-order valence-electron chi connectivity index (χ3n) is 3.39. The van der Waals surface area contributed by atoms with Crippen LogP contribution in [0, 0.1) is 0 Å². The Morgan fingerprint density at radius 2 is 1.60 bits per heavy atom. The van der Waals surface area contributed by atoms with E-state index in [-0.39, 0.29) is 16.8 Å². The fourth-order valence-electron chi connectivity index (χ4n) is 2.13. The van der Waals surface area contributed by atoms with Gasteiger partial charge < -0.3 is 20.1 Å². The molecule has 0 fully saturated rings. The molecule has 0 aliphatic rings. The second kappa shape index (κ2) is 8.49. The van der Waals surface area contributed by atoms with Crippen molar-refractivity contribution in [3.8, 4) is 0 Å². The van der Waals surface area contributed by atoms with Gasteiger partial charge in [0, 0.05) is 6.54 Å². The Morgan fingerprint density at radius 1 is 0.920 bits per heavy atom. The van der Waals surface area contributed by atoms with Crippen LogP contribution in [0.25, 0.3) is 0 Å². The number of carbonyl (C=O) groups excluding carboxylic acids is 3. The van der Waals surface area contributed by atoms with Gasteiger partial charge in [-0.15, -0.1) is 0 Å². The molecule has 0 atom stereocenters. The summed E-state index contributed by atoms with van der Waals surface area (Å²) in [6.07, 6.45) is 0. The SMILES string of the molecule is COC(=O)c1ccc(C(=O)OC)c(NC(=O)NCc2ccccc2)c1. The zero-order valence-electron chi connectivity index (χ0n) is 13.9. The van der Waals surface area contributed by atoms with Crippen LogP contribution in [0.1, 0.15) is 26.3 Å². The molecular formula is C18H18N2O5. The highest BCUT2D eigenvalue weighted by Crippen LogP contribution is 2.19. The normalized spacial score (nSPS) is 9.84. The number of amides is 2. The lowest BCUT2D eigenvalue weighted by atomic mass is 10.1. The predicted octanol–water partition coefficient (Wildman–Crippen LogP) is 2.58. The molecule has 2 N–H and O–H groups in total. The van der Waals surface area contributed by atoms with Crippen LogP contribution in [0.15, 0.2) is 48.5 Å².